The molecule has 122 valence electrons. The van der Waals surface area contributed by atoms with Gasteiger partial charge in [-0.2, -0.15) is 0 Å². The first-order valence-electron chi connectivity index (χ1n) is 9.44. The summed E-state index contributed by atoms with van der Waals surface area (Å²) in [5.41, 5.74) is 3.13. The fourth-order valence-electron chi connectivity index (χ4n) is 5.48. The van der Waals surface area contributed by atoms with Crippen LogP contribution in [0.15, 0.2) is 42.1 Å². The van der Waals surface area contributed by atoms with E-state index in [-0.39, 0.29) is 0 Å². The highest BCUT2D eigenvalue weighted by atomic mass is 15.5. The second kappa shape index (κ2) is 5.64. The number of rotatable bonds is 1. The molecule has 3 fully saturated rings. The Bertz CT molecular complexity index is 596. The van der Waals surface area contributed by atoms with Crippen molar-refractivity contribution in [3.05, 3.63) is 47.7 Å². The molecule has 5 atom stereocenters. The molecule has 2 aliphatic carbocycles. The molecule has 1 aromatic carbocycles. The third-order valence-corrected chi connectivity index (χ3v) is 6.45. The first-order valence-corrected chi connectivity index (χ1v) is 9.44. The topological polar surface area (TPSA) is 27.3 Å². The molecule has 23 heavy (non-hydrogen) atoms. The molecule has 5 rings (SSSR count). The molecule has 4 aliphatic rings. The summed E-state index contributed by atoms with van der Waals surface area (Å²) < 4.78 is 0. The van der Waals surface area contributed by atoms with Crippen LogP contribution < -0.4 is 10.6 Å². The van der Waals surface area contributed by atoms with Crippen LogP contribution in [0, 0.1) is 5.92 Å². The maximum absolute atomic E-state index is 3.85. The van der Waals surface area contributed by atoms with Crippen LogP contribution in [-0.2, 0) is 0 Å². The largest absolute Gasteiger partial charge is 0.342 e. The molecule has 1 aromatic rings. The normalized spacial score (nSPS) is 39.2. The predicted molar refractivity (Wildman–Crippen MR) is 92.8 cm³/mol. The highest BCUT2D eigenvalue weighted by Crippen LogP contribution is 2.45. The molecule has 2 saturated heterocycles. The highest BCUT2D eigenvalue weighted by Gasteiger charge is 2.49. The van der Waals surface area contributed by atoms with Gasteiger partial charge in [-0.15, -0.1) is 0 Å². The lowest BCUT2D eigenvalue weighted by Crippen LogP contribution is -2.63. The lowest BCUT2D eigenvalue weighted by Gasteiger charge is -2.51. The fraction of sp³-hybridized carbons (Fsp3) is 0.600. The molecule has 0 amide bonds. The van der Waals surface area contributed by atoms with Crippen molar-refractivity contribution < 1.29 is 0 Å². The average molecular weight is 309 g/mol. The molecule has 0 bridgehead atoms. The van der Waals surface area contributed by atoms with Gasteiger partial charge in [0.15, 0.2) is 0 Å². The van der Waals surface area contributed by atoms with Gasteiger partial charge in [0.25, 0.3) is 0 Å². The second-order valence-corrected chi connectivity index (χ2v) is 7.70. The Kier molecular flexibility index (Phi) is 3.45. The fourth-order valence-corrected chi connectivity index (χ4v) is 5.48. The standard InChI is InChI=1S/C20H27N3/c1-2-7-14(8-3-1)16-10-6-9-15-13-21-20-22-17-11-4-5-12-18(17)23(20)19(15)16/h1-3,7-8,12,15-17,19-22H,4-6,9-11,13H2. The smallest absolute Gasteiger partial charge is 0.135 e. The van der Waals surface area contributed by atoms with Gasteiger partial charge < -0.3 is 4.90 Å². The van der Waals surface area contributed by atoms with Crippen LogP contribution in [0.1, 0.15) is 50.0 Å². The highest BCUT2D eigenvalue weighted by molar-refractivity contribution is 5.28. The van der Waals surface area contributed by atoms with Crippen molar-refractivity contribution in [2.45, 2.75) is 62.8 Å². The van der Waals surface area contributed by atoms with Gasteiger partial charge in [-0.3, -0.25) is 10.6 Å². The molecule has 2 aliphatic heterocycles. The van der Waals surface area contributed by atoms with E-state index in [9.17, 15) is 0 Å². The zero-order chi connectivity index (χ0) is 15.2. The van der Waals surface area contributed by atoms with E-state index in [4.69, 9.17) is 0 Å². The second-order valence-electron chi connectivity index (χ2n) is 7.70. The monoisotopic (exact) mass is 309 g/mol. The van der Waals surface area contributed by atoms with Crippen LogP contribution >= 0.6 is 0 Å². The molecule has 1 saturated carbocycles. The van der Waals surface area contributed by atoms with E-state index in [1.165, 1.54) is 45.1 Å². The number of fused-ring (bicyclic) bond motifs is 5. The van der Waals surface area contributed by atoms with Gasteiger partial charge in [0.05, 0.1) is 0 Å². The van der Waals surface area contributed by atoms with Gasteiger partial charge in [-0.1, -0.05) is 42.8 Å². The van der Waals surface area contributed by atoms with Crippen LogP contribution in [0.3, 0.4) is 0 Å². The summed E-state index contributed by atoms with van der Waals surface area (Å²) in [5, 5.41) is 7.63. The number of allylic oxidation sites excluding steroid dienone is 1. The van der Waals surface area contributed by atoms with E-state index in [2.05, 4.69) is 51.9 Å². The van der Waals surface area contributed by atoms with Crippen LogP contribution in [0.4, 0.5) is 0 Å². The predicted octanol–water partition coefficient (Wildman–Crippen LogP) is 3.17. The van der Waals surface area contributed by atoms with E-state index < -0.39 is 0 Å². The van der Waals surface area contributed by atoms with E-state index in [0.717, 1.165) is 5.92 Å². The lowest BCUT2D eigenvalue weighted by atomic mass is 9.72. The Labute approximate surface area is 139 Å². The molecule has 3 nitrogen and oxygen atoms in total. The average Bonchev–Trinajstić information content (AvgIpc) is 3.01. The maximum Gasteiger partial charge on any atom is 0.135 e. The Hall–Kier alpha value is -1.32. The summed E-state index contributed by atoms with van der Waals surface area (Å²) in [7, 11) is 0. The summed E-state index contributed by atoms with van der Waals surface area (Å²) in [4.78, 5) is 2.74. The molecular weight excluding hydrogens is 282 g/mol. The van der Waals surface area contributed by atoms with Crippen molar-refractivity contribution in [1.82, 2.24) is 15.5 Å². The third-order valence-electron chi connectivity index (χ3n) is 6.45. The number of nitrogens with one attached hydrogen (secondary N) is 2. The summed E-state index contributed by atoms with van der Waals surface area (Å²) in [6.45, 7) is 1.17. The molecule has 5 unspecified atom stereocenters. The Balaban J connectivity index is 1.54. The first-order chi connectivity index (χ1) is 11.4. The van der Waals surface area contributed by atoms with E-state index in [1.54, 1.807) is 11.3 Å². The number of hydrogen-bond acceptors (Lipinski definition) is 3. The Morgan fingerprint density at radius 1 is 1.00 bits per heavy atom. The third kappa shape index (κ3) is 2.25. The minimum atomic E-state index is 0.356. The van der Waals surface area contributed by atoms with Crippen molar-refractivity contribution >= 4 is 0 Å². The van der Waals surface area contributed by atoms with Gasteiger partial charge in [0.1, 0.15) is 6.29 Å². The summed E-state index contributed by atoms with van der Waals surface area (Å²) in [6.07, 6.45) is 10.8. The summed E-state index contributed by atoms with van der Waals surface area (Å²) in [6, 6.07) is 12.5. The Morgan fingerprint density at radius 3 is 2.83 bits per heavy atom. The van der Waals surface area contributed by atoms with Gasteiger partial charge >= 0.3 is 0 Å². The molecule has 2 heterocycles. The van der Waals surface area contributed by atoms with Crippen molar-refractivity contribution in [2.75, 3.05) is 6.54 Å². The number of benzene rings is 1. The molecule has 0 aromatic heterocycles. The van der Waals surface area contributed by atoms with Gasteiger partial charge in [-0.05, 0) is 43.6 Å². The summed E-state index contributed by atoms with van der Waals surface area (Å²) >= 11 is 0. The van der Waals surface area contributed by atoms with Gasteiger partial charge in [0.2, 0.25) is 0 Å². The Morgan fingerprint density at radius 2 is 1.91 bits per heavy atom. The van der Waals surface area contributed by atoms with E-state index in [1.807, 2.05) is 0 Å². The molecule has 0 radical (unpaired) electrons. The van der Waals surface area contributed by atoms with Crippen LogP contribution in [0.2, 0.25) is 0 Å². The van der Waals surface area contributed by atoms with Crippen LogP contribution in [0.25, 0.3) is 0 Å². The first kappa shape index (κ1) is 14.1. The molecular formula is C20H27N3. The zero-order valence-electron chi connectivity index (χ0n) is 13.7. The molecule has 0 spiro atoms. The van der Waals surface area contributed by atoms with Crippen LogP contribution in [-0.4, -0.2) is 29.8 Å². The van der Waals surface area contributed by atoms with Crippen molar-refractivity contribution in [3.8, 4) is 0 Å². The van der Waals surface area contributed by atoms with E-state index >= 15 is 0 Å². The van der Waals surface area contributed by atoms with Crippen molar-refractivity contribution in [3.63, 3.8) is 0 Å². The quantitative estimate of drug-likeness (QED) is 0.834. The van der Waals surface area contributed by atoms with Gasteiger partial charge in [-0.25, -0.2) is 0 Å². The van der Waals surface area contributed by atoms with Crippen molar-refractivity contribution in [2.24, 2.45) is 5.92 Å². The minimum absolute atomic E-state index is 0.356. The zero-order valence-corrected chi connectivity index (χ0v) is 13.7. The minimum Gasteiger partial charge on any atom is -0.342 e. The molecule has 2 N–H and O–H groups in total. The molecule has 3 heteroatoms. The number of nitrogens with zero attached hydrogens (tertiary/aromatic N) is 1. The van der Waals surface area contributed by atoms with Crippen molar-refractivity contribution in [1.29, 1.82) is 0 Å². The SMILES string of the molecule is C1=C2C(CCC1)NC1NCC3CCCC(c4ccccc4)C3N21. The van der Waals surface area contributed by atoms with Crippen LogP contribution in [0.5, 0.6) is 0 Å². The maximum atomic E-state index is 3.85. The lowest BCUT2D eigenvalue weighted by molar-refractivity contribution is 0.0330. The summed E-state index contributed by atoms with van der Waals surface area (Å²) in [5.74, 6) is 1.47. The number of hydrogen-bond donors (Lipinski definition) is 2. The van der Waals surface area contributed by atoms with E-state index in [0.29, 0.717) is 24.3 Å². The van der Waals surface area contributed by atoms with Gasteiger partial charge in [0, 0.05) is 30.2 Å².